The summed E-state index contributed by atoms with van der Waals surface area (Å²) in [6.45, 7) is 2.48. The van der Waals surface area contributed by atoms with Crippen LogP contribution in [0.15, 0.2) is 0 Å². The van der Waals surface area contributed by atoms with Gasteiger partial charge < -0.3 is 0 Å². The molecule has 0 N–H and O–H groups in total. The first-order chi connectivity index (χ1) is 8.42. The maximum absolute atomic E-state index is 9.37. The Labute approximate surface area is 106 Å². The maximum atomic E-state index is 9.37. The van der Waals surface area contributed by atoms with Gasteiger partial charge in [-0.15, -0.1) is 0 Å². The fraction of sp³-hybridized carbons (Fsp3) is 0.933. The smallest absolute Gasteiger partial charge is 0.0672 e. The van der Waals surface area contributed by atoms with Gasteiger partial charge in [-0.1, -0.05) is 38.5 Å². The van der Waals surface area contributed by atoms with Crippen LogP contribution in [0.2, 0.25) is 0 Å². The van der Waals surface area contributed by atoms with Crippen LogP contribution in [-0.4, -0.2) is 24.0 Å². The Morgan fingerprint density at radius 1 is 0.765 bits per heavy atom. The zero-order chi connectivity index (χ0) is 11.9. The van der Waals surface area contributed by atoms with Gasteiger partial charge in [0.15, 0.2) is 0 Å². The van der Waals surface area contributed by atoms with E-state index in [2.05, 4.69) is 11.0 Å². The molecular weight excluding hydrogens is 208 g/mol. The second-order valence-corrected chi connectivity index (χ2v) is 5.74. The van der Waals surface area contributed by atoms with Crippen LogP contribution in [0.3, 0.4) is 0 Å². The summed E-state index contributed by atoms with van der Waals surface area (Å²) in [5.74, 6) is 0.303. The van der Waals surface area contributed by atoms with E-state index >= 15 is 0 Å². The van der Waals surface area contributed by atoms with Crippen molar-refractivity contribution >= 4 is 0 Å². The van der Waals surface area contributed by atoms with E-state index in [-0.39, 0.29) is 0 Å². The minimum absolute atomic E-state index is 0.303. The predicted octanol–water partition coefficient (Wildman–Crippen LogP) is 3.72. The molecule has 96 valence electrons. The second kappa shape index (κ2) is 7.01. The summed E-state index contributed by atoms with van der Waals surface area (Å²) in [6, 6.07) is 3.16. The van der Waals surface area contributed by atoms with Gasteiger partial charge >= 0.3 is 0 Å². The Balaban J connectivity index is 1.97. The van der Waals surface area contributed by atoms with Gasteiger partial charge in [-0.3, -0.25) is 4.90 Å². The van der Waals surface area contributed by atoms with Crippen molar-refractivity contribution in [1.29, 1.82) is 5.26 Å². The molecule has 0 aromatic heterocycles. The normalized spacial score (nSPS) is 33.1. The molecule has 1 heterocycles. The third-order valence-corrected chi connectivity index (χ3v) is 4.50. The quantitative estimate of drug-likeness (QED) is 0.646. The molecular formula is C15H26N2. The summed E-state index contributed by atoms with van der Waals surface area (Å²) in [7, 11) is 0. The zero-order valence-electron chi connectivity index (χ0n) is 11.0. The first-order valence-electron chi connectivity index (χ1n) is 7.55. The molecule has 0 radical (unpaired) electrons. The topological polar surface area (TPSA) is 27.0 Å². The van der Waals surface area contributed by atoms with Gasteiger partial charge in [0.1, 0.15) is 0 Å². The van der Waals surface area contributed by atoms with E-state index in [0.29, 0.717) is 12.0 Å². The van der Waals surface area contributed by atoms with E-state index in [1.165, 1.54) is 70.9 Å². The Kier molecular flexibility index (Phi) is 5.32. The molecule has 0 spiro atoms. The van der Waals surface area contributed by atoms with Gasteiger partial charge in [-0.25, -0.2) is 0 Å². The number of nitriles is 1. The largest absolute Gasteiger partial charge is 0.299 e. The molecule has 1 aliphatic carbocycles. The highest BCUT2D eigenvalue weighted by molar-refractivity contribution is 4.94. The van der Waals surface area contributed by atoms with Crippen molar-refractivity contribution in [3.05, 3.63) is 0 Å². The molecule has 2 heteroatoms. The molecule has 0 aromatic rings. The molecule has 1 aliphatic heterocycles. The fourth-order valence-electron chi connectivity index (χ4n) is 3.48. The Morgan fingerprint density at radius 3 is 2.06 bits per heavy atom. The van der Waals surface area contributed by atoms with Crippen LogP contribution in [0.4, 0.5) is 0 Å². The van der Waals surface area contributed by atoms with Gasteiger partial charge in [-0.05, 0) is 38.8 Å². The minimum atomic E-state index is 0.303. The highest BCUT2D eigenvalue weighted by Gasteiger charge is 2.28. The van der Waals surface area contributed by atoms with Crippen LogP contribution in [0.5, 0.6) is 0 Å². The Bertz CT molecular complexity index is 248. The van der Waals surface area contributed by atoms with Gasteiger partial charge in [-0.2, -0.15) is 5.26 Å². The SMILES string of the molecule is N#CC1CCCCCC1N1CCCCCCC1. The Hall–Kier alpha value is -0.550. The van der Waals surface area contributed by atoms with Crippen LogP contribution < -0.4 is 0 Å². The maximum Gasteiger partial charge on any atom is 0.0672 e. The van der Waals surface area contributed by atoms with Gasteiger partial charge in [0, 0.05) is 6.04 Å². The van der Waals surface area contributed by atoms with E-state index in [9.17, 15) is 5.26 Å². The van der Waals surface area contributed by atoms with Crippen LogP contribution in [0.1, 0.15) is 64.2 Å². The van der Waals surface area contributed by atoms with E-state index in [4.69, 9.17) is 0 Å². The third kappa shape index (κ3) is 3.71. The highest BCUT2D eigenvalue weighted by Crippen LogP contribution is 2.28. The van der Waals surface area contributed by atoms with Crippen molar-refractivity contribution in [2.24, 2.45) is 5.92 Å². The van der Waals surface area contributed by atoms with E-state index in [1.807, 2.05) is 0 Å². The molecule has 17 heavy (non-hydrogen) atoms. The summed E-state index contributed by atoms with van der Waals surface area (Å²) in [4.78, 5) is 2.65. The van der Waals surface area contributed by atoms with E-state index in [1.54, 1.807) is 0 Å². The van der Waals surface area contributed by atoms with Crippen LogP contribution in [0, 0.1) is 17.2 Å². The summed E-state index contributed by atoms with van der Waals surface area (Å²) in [6.07, 6.45) is 13.2. The number of nitrogens with zero attached hydrogens (tertiary/aromatic N) is 2. The molecule has 1 saturated carbocycles. The lowest BCUT2D eigenvalue weighted by Crippen LogP contribution is -2.41. The summed E-state index contributed by atoms with van der Waals surface area (Å²) >= 11 is 0. The zero-order valence-corrected chi connectivity index (χ0v) is 11.0. The van der Waals surface area contributed by atoms with Crippen LogP contribution in [-0.2, 0) is 0 Å². The number of rotatable bonds is 1. The Morgan fingerprint density at radius 2 is 1.35 bits per heavy atom. The van der Waals surface area contributed by atoms with Gasteiger partial charge in [0.25, 0.3) is 0 Å². The number of likely N-dealkylation sites (tertiary alicyclic amines) is 1. The number of hydrogen-bond donors (Lipinski definition) is 0. The first kappa shape index (κ1) is 12.9. The molecule has 0 aromatic carbocycles. The molecule has 1 saturated heterocycles. The molecule has 2 atom stereocenters. The van der Waals surface area contributed by atoms with Crippen molar-refractivity contribution in [3.63, 3.8) is 0 Å². The lowest BCUT2D eigenvalue weighted by Gasteiger charge is -2.34. The van der Waals surface area contributed by atoms with Crippen molar-refractivity contribution in [3.8, 4) is 6.07 Å². The van der Waals surface area contributed by atoms with Gasteiger partial charge in [0.2, 0.25) is 0 Å². The average Bonchev–Trinajstić information content (AvgIpc) is 2.53. The standard InChI is InChI=1S/C15H26N2/c16-13-14-9-5-4-6-10-15(14)17-11-7-2-1-3-8-12-17/h14-15H,1-12H2. The fourth-order valence-corrected chi connectivity index (χ4v) is 3.48. The predicted molar refractivity (Wildman–Crippen MR) is 70.6 cm³/mol. The summed E-state index contributed by atoms with van der Waals surface area (Å²) < 4.78 is 0. The molecule has 2 rings (SSSR count). The van der Waals surface area contributed by atoms with Crippen molar-refractivity contribution in [2.75, 3.05) is 13.1 Å². The van der Waals surface area contributed by atoms with E-state index < -0.39 is 0 Å². The average molecular weight is 234 g/mol. The molecule has 2 nitrogen and oxygen atoms in total. The molecule has 0 amide bonds. The van der Waals surface area contributed by atoms with E-state index in [0.717, 1.165) is 6.42 Å². The van der Waals surface area contributed by atoms with Crippen molar-refractivity contribution in [2.45, 2.75) is 70.3 Å². The van der Waals surface area contributed by atoms with Crippen molar-refractivity contribution in [1.82, 2.24) is 4.90 Å². The molecule has 2 fully saturated rings. The third-order valence-electron chi connectivity index (χ3n) is 4.50. The van der Waals surface area contributed by atoms with Crippen molar-refractivity contribution < 1.29 is 0 Å². The second-order valence-electron chi connectivity index (χ2n) is 5.74. The van der Waals surface area contributed by atoms with Crippen LogP contribution >= 0.6 is 0 Å². The lowest BCUT2D eigenvalue weighted by atomic mass is 9.93. The summed E-state index contributed by atoms with van der Waals surface area (Å²) in [5.41, 5.74) is 0. The molecule has 2 unspecified atom stereocenters. The lowest BCUT2D eigenvalue weighted by molar-refractivity contribution is 0.141. The monoisotopic (exact) mass is 234 g/mol. The molecule has 0 bridgehead atoms. The number of hydrogen-bond acceptors (Lipinski definition) is 2. The van der Waals surface area contributed by atoms with Gasteiger partial charge in [0.05, 0.1) is 12.0 Å². The summed E-state index contributed by atoms with van der Waals surface area (Å²) in [5, 5.41) is 9.37. The minimum Gasteiger partial charge on any atom is -0.299 e. The first-order valence-corrected chi connectivity index (χ1v) is 7.55. The van der Waals surface area contributed by atoms with Crippen LogP contribution in [0.25, 0.3) is 0 Å². The molecule has 2 aliphatic rings. The highest BCUT2D eigenvalue weighted by atomic mass is 15.2.